The number of rotatable bonds is 6. The van der Waals surface area contributed by atoms with E-state index in [0.717, 1.165) is 24.3 Å². The summed E-state index contributed by atoms with van der Waals surface area (Å²) in [7, 11) is 0. The van der Waals surface area contributed by atoms with Crippen LogP contribution in [0.1, 0.15) is 18.1 Å². The monoisotopic (exact) mass is 382 g/mol. The predicted octanol–water partition coefficient (Wildman–Crippen LogP) is 6.77. The maximum atomic E-state index is 6.01. The topological polar surface area (TPSA) is 15.6 Å². The average molecular weight is 383 g/mol. The van der Waals surface area contributed by atoms with E-state index in [9.17, 15) is 0 Å². The van der Waals surface area contributed by atoms with Crippen LogP contribution < -0.4 is 4.90 Å². The maximum absolute atomic E-state index is 6.01. The van der Waals surface area contributed by atoms with E-state index in [1.54, 1.807) is 18.2 Å². The second-order valence-corrected chi connectivity index (χ2v) is 6.85. The Labute approximate surface area is 164 Å². The van der Waals surface area contributed by atoms with Gasteiger partial charge in [-0.2, -0.15) is 0 Å². The normalized spacial score (nSPS) is 11.0. The van der Waals surface area contributed by atoms with Crippen LogP contribution in [-0.2, 0) is 6.54 Å². The Kier molecular flexibility index (Phi) is 6.32. The van der Waals surface area contributed by atoms with Crippen molar-refractivity contribution in [1.29, 1.82) is 0 Å². The first-order chi connectivity index (χ1) is 12.6. The van der Waals surface area contributed by atoms with Gasteiger partial charge in [-0.05, 0) is 48.4 Å². The summed E-state index contributed by atoms with van der Waals surface area (Å²) in [5.74, 6) is 0. The third-order valence-corrected chi connectivity index (χ3v) is 4.50. The quantitative estimate of drug-likeness (QED) is 0.429. The molecule has 0 aliphatic rings. The molecule has 3 aromatic carbocycles. The second-order valence-electron chi connectivity index (χ2n) is 5.98. The van der Waals surface area contributed by atoms with Crippen LogP contribution in [0.3, 0.4) is 0 Å². The third-order valence-electron chi connectivity index (χ3n) is 4.07. The summed E-state index contributed by atoms with van der Waals surface area (Å²) in [5.41, 5.74) is 4.27. The Balaban J connectivity index is 1.71. The molecule has 3 rings (SSSR count). The lowest BCUT2D eigenvalue weighted by molar-refractivity contribution is 0.832. The van der Waals surface area contributed by atoms with E-state index in [-0.39, 0.29) is 0 Å². The Morgan fingerprint density at radius 1 is 0.885 bits per heavy atom. The fourth-order valence-corrected chi connectivity index (χ4v) is 3.24. The molecular formula is C22H20Cl2N2. The molecule has 0 unspecified atom stereocenters. The average Bonchev–Trinajstić information content (AvgIpc) is 2.65. The molecule has 0 N–H and O–H groups in total. The lowest BCUT2D eigenvalue weighted by Crippen LogP contribution is -2.21. The molecule has 3 aromatic rings. The van der Waals surface area contributed by atoms with E-state index in [4.69, 9.17) is 23.2 Å². The molecule has 0 heterocycles. The number of nitrogens with zero attached hydrogens (tertiary/aromatic N) is 2. The summed E-state index contributed by atoms with van der Waals surface area (Å²) >= 11 is 12.0. The van der Waals surface area contributed by atoms with Gasteiger partial charge in [-0.3, -0.25) is 4.99 Å². The van der Waals surface area contributed by atoms with E-state index < -0.39 is 0 Å². The molecule has 0 aromatic heterocycles. The van der Waals surface area contributed by atoms with Crippen molar-refractivity contribution in [3.63, 3.8) is 0 Å². The van der Waals surface area contributed by atoms with Crippen molar-refractivity contribution in [2.45, 2.75) is 13.5 Å². The van der Waals surface area contributed by atoms with Crippen molar-refractivity contribution < 1.29 is 0 Å². The highest BCUT2D eigenvalue weighted by Crippen LogP contribution is 2.24. The van der Waals surface area contributed by atoms with Gasteiger partial charge in [0.1, 0.15) is 0 Å². The van der Waals surface area contributed by atoms with Gasteiger partial charge in [-0.15, -0.1) is 0 Å². The number of anilines is 1. The van der Waals surface area contributed by atoms with Crippen molar-refractivity contribution in [3.05, 3.63) is 94.0 Å². The number of aliphatic imine (C=N–C) groups is 1. The minimum Gasteiger partial charge on any atom is -0.367 e. The molecule has 0 saturated heterocycles. The van der Waals surface area contributed by atoms with E-state index in [1.165, 1.54) is 11.3 Å². The lowest BCUT2D eigenvalue weighted by atomic mass is 10.1. The molecule has 0 aliphatic carbocycles. The Hall–Kier alpha value is -2.29. The Bertz CT molecular complexity index is 854. The summed E-state index contributed by atoms with van der Waals surface area (Å²) in [6, 6.07) is 24.2. The molecule has 0 spiro atoms. The number of benzene rings is 3. The molecule has 0 radical (unpaired) electrons. The highest BCUT2D eigenvalue weighted by Gasteiger charge is 2.05. The molecule has 4 heteroatoms. The third kappa shape index (κ3) is 5.10. The minimum absolute atomic E-state index is 0.583. The largest absolute Gasteiger partial charge is 0.367 e. The summed E-state index contributed by atoms with van der Waals surface area (Å²) in [4.78, 5) is 6.79. The van der Waals surface area contributed by atoms with Crippen molar-refractivity contribution in [2.75, 3.05) is 11.4 Å². The lowest BCUT2D eigenvalue weighted by Gasteiger charge is -2.23. The number of hydrogen-bond acceptors (Lipinski definition) is 2. The first-order valence-corrected chi connectivity index (χ1v) is 9.29. The fraction of sp³-hybridized carbons (Fsp3) is 0.136. The van der Waals surface area contributed by atoms with Crippen molar-refractivity contribution in [3.8, 4) is 0 Å². The summed E-state index contributed by atoms with van der Waals surface area (Å²) < 4.78 is 0. The van der Waals surface area contributed by atoms with E-state index in [2.05, 4.69) is 65.3 Å². The van der Waals surface area contributed by atoms with Gasteiger partial charge in [0.15, 0.2) is 0 Å². The minimum atomic E-state index is 0.583. The van der Waals surface area contributed by atoms with Gasteiger partial charge in [0.2, 0.25) is 0 Å². The van der Waals surface area contributed by atoms with Gasteiger partial charge < -0.3 is 4.90 Å². The molecule has 0 aliphatic heterocycles. The Morgan fingerprint density at radius 3 is 2.15 bits per heavy atom. The van der Waals surface area contributed by atoms with Crippen molar-refractivity contribution in [1.82, 2.24) is 0 Å². The molecule has 0 saturated carbocycles. The predicted molar refractivity (Wildman–Crippen MR) is 113 cm³/mol. The van der Waals surface area contributed by atoms with Gasteiger partial charge in [0.05, 0.1) is 5.69 Å². The zero-order valence-electron chi connectivity index (χ0n) is 14.6. The number of hydrogen-bond donors (Lipinski definition) is 0. The molecule has 0 fully saturated rings. The first kappa shape index (κ1) is 18.5. The van der Waals surface area contributed by atoms with Crippen LogP contribution in [0.5, 0.6) is 0 Å². The molecule has 0 atom stereocenters. The standard InChI is InChI=1S/C22H20Cl2N2/c1-2-26(16-18-6-4-3-5-7-18)22-10-8-17(9-11-22)15-25-21-13-19(23)12-20(24)14-21/h3-15H,2,16H2,1H3. The SMILES string of the molecule is CCN(Cc1ccccc1)c1ccc(C=Nc2cc(Cl)cc(Cl)c2)cc1. The highest BCUT2D eigenvalue weighted by atomic mass is 35.5. The molecule has 2 nitrogen and oxygen atoms in total. The molecule has 132 valence electrons. The number of halogens is 2. The smallest absolute Gasteiger partial charge is 0.0659 e. The summed E-state index contributed by atoms with van der Waals surface area (Å²) in [6.45, 7) is 4.01. The van der Waals surface area contributed by atoms with Crippen LogP contribution in [0.25, 0.3) is 0 Å². The Morgan fingerprint density at radius 2 is 1.54 bits per heavy atom. The zero-order chi connectivity index (χ0) is 18.4. The van der Waals surface area contributed by atoms with E-state index in [1.807, 2.05) is 12.3 Å². The van der Waals surface area contributed by atoms with Gasteiger partial charge in [0.25, 0.3) is 0 Å². The summed E-state index contributed by atoms with van der Waals surface area (Å²) in [5, 5.41) is 1.17. The van der Waals surface area contributed by atoms with E-state index in [0.29, 0.717) is 10.0 Å². The van der Waals surface area contributed by atoms with Crippen LogP contribution in [0.4, 0.5) is 11.4 Å². The molecule has 0 amide bonds. The second kappa shape index (κ2) is 8.88. The van der Waals surface area contributed by atoms with Crippen molar-refractivity contribution in [2.24, 2.45) is 4.99 Å². The van der Waals surface area contributed by atoms with Crippen molar-refractivity contribution >= 4 is 40.8 Å². The molecule has 26 heavy (non-hydrogen) atoms. The van der Waals surface area contributed by atoms with Crippen LogP contribution in [0.15, 0.2) is 77.8 Å². The van der Waals surface area contributed by atoms with Crippen LogP contribution >= 0.6 is 23.2 Å². The maximum Gasteiger partial charge on any atom is 0.0659 e. The molecular weight excluding hydrogens is 363 g/mol. The van der Waals surface area contributed by atoms with Crippen LogP contribution in [-0.4, -0.2) is 12.8 Å². The van der Waals surface area contributed by atoms with Gasteiger partial charge in [-0.25, -0.2) is 0 Å². The first-order valence-electron chi connectivity index (χ1n) is 8.53. The molecule has 0 bridgehead atoms. The zero-order valence-corrected chi connectivity index (χ0v) is 16.1. The van der Waals surface area contributed by atoms with Gasteiger partial charge in [0, 0.05) is 35.0 Å². The van der Waals surface area contributed by atoms with Crippen LogP contribution in [0, 0.1) is 0 Å². The fourth-order valence-electron chi connectivity index (χ4n) is 2.72. The highest BCUT2D eigenvalue weighted by molar-refractivity contribution is 6.35. The van der Waals surface area contributed by atoms with Gasteiger partial charge in [-0.1, -0.05) is 65.7 Å². The summed E-state index contributed by atoms with van der Waals surface area (Å²) in [6.07, 6.45) is 1.82. The van der Waals surface area contributed by atoms with Gasteiger partial charge >= 0.3 is 0 Å². The van der Waals surface area contributed by atoms with E-state index >= 15 is 0 Å². The van der Waals surface area contributed by atoms with Crippen LogP contribution in [0.2, 0.25) is 10.0 Å².